The molecular formula is C20H37N9O7. The molecule has 0 aromatic rings. The minimum Gasteiger partial charge on any atom is -0.480 e. The van der Waals surface area contributed by atoms with E-state index in [1.54, 1.807) is 6.92 Å². The third-order valence-corrected chi connectivity index (χ3v) is 5.20. The summed E-state index contributed by atoms with van der Waals surface area (Å²) >= 11 is 0. The fourth-order valence-electron chi connectivity index (χ4n) is 2.91. The Morgan fingerprint density at radius 1 is 0.806 bits per heavy atom. The Hall–Kier alpha value is -3.95. The molecule has 0 aliphatic carbocycles. The molecule has 0 heterocycles. The molecule has 36 heavy (non-hydrogen) atoms. The van der Waals surface area contributed by atoms with Gasteiger partial charge in [-0.1, -0.05) is 20.3 Å². The lowest BCUT2D eigenvalue weighted by Crippen LogP contribution is -2.58. The Morgan fingerprint density at radius 2 is 1.28 bits per heavy atom. The van der Waals surface area contributed by atoms with E-state index in [2.05, 4.69) is 20.9 Å². The molecule has 16 nitrogen and oxygen atoms in total. The summed E-state index contributed by atoms with van der Waals surface area (Å²) in [6.07, 6.45) is -0.595. The molecule has 16 heteroatoms. The molecule has 0 spiro atoms. The average Bonchev–Trinajstić information content (AvgIpc) is 2.77. The number of guanidine groups is 1. The number of aliphatic carboxylic acids is 1. The lowest BCUT2D eigenvalue weighted by Gasteiger charge is -2.25. The van der Waals surface area contributed by atoms with E-state index in [1.165, 1.54) is 0 Å². The number of nitrogens with one attached hydrogen (secondary N) is 3. The summed E-state index contributed by atoms with van der Waals surface area (Å²) in [7, 11) is 0. The maximum absolute atomic E-state index is 12.9. The molecule has 5 unspecified atom stereocenters. The first kappa shape index (κ1) is 32.0. The second kappa shape index (κ2) is 15.9. The number of amides is 5. The summed E-state index contributed by atoms with van der Waals surface area (Å²) in [5.41, 5.74) is 26.6. The minimum atomic E-state index is -1.65. The summed E-state index contributed by atoms with van der Waals surface area (Å²) < 4.78 is 0. The van der Waals surface area contributed by atoms with Crippen molar-refractivity contribution in [1.82, 2.24) is 16.0 Å². The Morgan fingerprint density at radius 3 is 1.75 bits per heavy atom. The van der Waals surface area contributed by atoms with Gasteiger partial charge in [0.2, 0.25) is 29.5 Å². The molecule has 0 aliphatic heterocycles. The van der Waals surface area contributed by atoms with Crippen molar-refractivity contribution in [3.63, 3.8) is 0 Å². The summed E-state index contributed by atoms with van der Waals surface area (Å²) in [6.45, 7) is 3.63. The summed E-state index contributed by atoms with van der Waals surface area (Å²) in [6, 6.07) is -5.43. The molecule has 0 bridgehead atoms. The topological polar surface area (TPSA) is 301 Å². The zero-order valence-corrected chi connectivity index (χ0v) is 20.4. The first-order chi connectivity index (χ1) is 16.7. The van der Waals surface area contributed by atoms with Gasteiger partial charge >= 0.3 is 5.97 Å². The summed E-state index contributed by atoms with van der Waals surface area (Å²) in [5.74, 6) is -6.43. The quantitative estimate of drug-likeness (QED) is 0.0509. The molecule has 0 aromatic heterocycles. The van der Waals surface area contributed by atoms with E-state index in [4.69, 9.17) is 28.7 Å². The molecule has 0 aliphatic rings. The monoisotopic (exact) mass is 515 g/mol. The maximum atomic E-state index is 12.9. The van der Waals surface area contributed by atoms with Gasteiger partial charge in [-0.3, -0.25) is 29.0 Å². The number of hydrogen-bond acceptors (Lipinski definition) is 8. The van der Waals surface area contributed by atoms with Gasteiger partial charge in [-0.15, -0.1) is 0 Å². The van der Waals surface area contributed by atoms with Crippen molar-refractivity contribution >= 4 is 41.5 Å². The van der Waals surface area contributed by atoms with Crippen LogP contribution in [0.4, 0.5) is 0 Å². The fourth-order valence-corrected chi connectivity index (χ4v) is 2.91. The van der Waals surface area contributed by atoms with Crippen molar-refractivity contribution in [1.29, 1.82) is 0 Å². The van der Waals surface area contributed by atoms with Crippen LogP contribution in [0.3, 0.4) is 0 Å². The zero-order valence-electron chi connectivity index (χ0n) is 20.4. The van der Waals surface area contributed by atoms with Crippen LogP contribution < -0.4 is 44.6 Å². The fraction of sp³-hybridized carbons (Fsp3) is 0.650. The second-order valence-electron chi connectivity index (χ2n) is 8.22. The minimum absolute atomic E-state index is 0.0686. The van der Waals surface area contributed by atoms with Gasteiger partial charge in [-0.25, -0.2) is 4.79 Å². The smallest absolute Gasteiger partial charge is 0.326 e. The SMILES string of the molecule is CCC(C)C(N)C(=O)NC(CC(N)=O)C(=O)NC(CCCN=C(N)N)C(=O)NC(CC(N)=O)C(=O)O. The van der Waals surface area contributed by atoms with Gasteiger partial charge in [0, 0.05) is 6.54 Å². The largest absolute Gasteiger partial charge is 0.480 e. The van der Waals surface area contributed by atoms with Gasteiger partial charge in [0.25, 0.3) is 0 Å². The van der Waals surface area contributed by atoms with Gasteiger partial charge in [0.1, 0.15) is 18.1 Å². The first-order valence-corrected chi connectivity index (χ1v) is 11.2. The van der Waals surface area contributed by atoms with Crippen LogP contribution >= 0.6 is 0 Å². The number of aliphatic imine (C=N–C) groups is 1. The van der Waals surface area contributed by atoms with Gasteiger partial charge in [0.05, 0.1) is 18.9 Å². The van der Waals surface area contributed by atoms with Crippen LogP contribution in [-0.2, 0) is 28.8 Å². The van der Waals surface area contributed by atoms with Crippen LogP contribution in [-0.4, -0.2) is 77.3 Å². The van der Waals surface area contributed by atoms with Crippen LogP contribution in [0.2, 0.25) is 0 Å². The standard InChI is InChI=1S/C20H37N9O7/c1-3-9(2)15(23)18(34)28-11(7-13(21)30)17(33)27-10(5-4-6-26-20(24)25)16(32)29-12(19(35)36)8-14(22)31/h9-12,15H,3-8,23H2,1-2H3,(H2,21,30)(H2,22,31)(H,27,33)(H,28,34)(H,29,32)(H,35,36)(H4,24,25,26). The number of rotatable bonds is 17. The van der Waals surface area contributed by atoms with E-state index in [9.17, 15) is 33.9 Å². The lowest BCUT2D eigenvalue weighted by molar-refractivity contribution is -0.144. The predicted octanol–water partition coefficient (Wildman–Crippen LogP) is -4.30. The Balaban J connectivity index is 5.71. The molecule has 0 saturated carbocycles. The number of carboxylic acids is 1. The number of carbonyl (C=O) groups is 6. The zero-order chi connectivity index (χ0) is 28.0. The first-order valence-electron chi connectivity index (χ1n) is 11.2. The van der Waals surface area contributed by atoms with Crippen molar-refractivity contribution in [3.05, 3.63) is 0 Å². The van der Waals surface area contributed by atoms with Gasteiger partial charge in [-0.05, 0) is 18.8 Å². The average molecular weight is 516 g/mol. The van der Waals surface area contributed by atoms with Crippen LogP contribution in [0.1, 0.15) is 46.0 Å². The Labute approximate surface area is 208 Å². The summed E-state index contributed by atoms with van der Waals surface area (Å²) in [4.78, 5) is 75.9. The highest BCUT2D eigenvalue weighted by atomic mass is 16.4. The molecule has 0 rings (SSSR count). The van der Waals surface area contributed by atoms with Gasteiger partial charge in [-0.2, -0.15) is 0 Å². The van der Waals surface area contributed by atoms with Crippen molar-refractivity contribution in [2.24, 2.45) is 39.6 Å². The molecule has 204 valence electrons. The normalized spacial score (nSPS) is 14.8. The number of nitrogens with zero attached hydrogens (tertiary/aromatic N) is 1. The number of primary amides is 2. The van der Waals surface area contributed by atoms with E-state index >= 15 is 0 Å². The number of carboxylic acid groups (broad SMARTS) is 1. The highest BCUT2D eigenvalue weighted by Gasteiger charge is 2.32. The predicted molar refractivity (Wildman–Crippen MR) is 128 cm³/mol. The van der Waals surface area contributed by atoms with Gasteiger partial charge in [0.15, 0.2) is 5.96 Å². The third kappa shape index (κ3) is 12.5. The van der Waals surface area contributed by atoms with E-state index < -0.39 is 72.5 Å². The van der Waals surface area contributed by atoms with E-state index in [-0.39, 0.29) is 31.3 Å². The van der Waals surface area contributed by atoms with Crippen molar-refractivity contribution in [2.75, 3.05) is 6.54 Å². The molecule has 0 aromatic carbocycles. The van der Waals surface area contributed by atoms with E-state index in [0.717, 1.165) is 0 Å². The lowest BCUT2D eigenvalue weighted by atomic mass is 9.99. The van der Waals surface area contributed by atoms with Crippen molar-refractivity contribution < 1.29 is 33.9 Å². The highest BCUT2D eigenvalue weighted by Crippen LogP contribution is 2.07. The van der Waals surface area contributed by atoms with Crippen molar-refractivity contribution in [2.45, 2.75) is 70.1 Å². The highest BCUT2D eigenvalue weighted by molar-refractivity contribution is 5.96. The van der Waals surface area contributed by atoms with E-state index in [1.807, 2.05) is 6.92 Å². The van der Waals surface area contributed by atoms with Crippen LogP contribution in [0.5, 0.6) is 0 Å². The molecule has 0 saturated heterocycles. The van der Waals surface area contributed by atoms with Crippen molar-refractivity contribution in [3.8, 4) is 0 Å². The third-order valence-electron chi connectivity index (χ3n) is 5.20. The molecule has 5 amide bonds. The summed E-state index contributed by atoms with van der Waals surface area (Å²) in [5, 5.41) is 16.1. The number of hydrogen-bond donors (Lipinski definition) is 9. The number of carbonyl (C=O) groups excluding carboxylic acids is 5. The Kier molecular flexibility index (Phi) is 14.1. The van der Waals surface area contributed by atoms with E-state index in [0.29, 0.717) is 6.42 Å². The molecule has 14 N–H and O–H groups in total. The van der Waals surface area contributed by atoms with Crippen LogP contribution in [0.15, 0.2) is 4.99 Å². The molecule has 5 atom stereocenters. The van der Waals surface area contributed by atoms with Gasteiger partial charge < -0.3 is 49.7 Å². The molecule has 0 fully saturated rings. The number of nitrogens with two attached hydrogens (primary N) is 5. The van der Waals surface area contributed by atoms with Crippen LogP contribution in [0, 0.1) is 5.92 Å². The molecular weight excluding hydrogens is 478 g/mol. The van der Waals surface area contributed by atoms with Crippen LogP contribution in [0.25, 0.3) is 0 Å². The maximum Gasteiger partial charge on any atom is 0.326 e. The Bertz CT molecular complexity index is 845. The molecule has 0 radical (unpaired) electrons. The second-order valence-corrected chi connectivity index (χ2v) is 8.22.